The lowest BCUT2D eigenvalue weighted by Gasteiger charge is -2.26. The Kier molecular flexibility index (Phi) is 6.56. The van der Waals surface area contributed by atoms with E-state index >= 15 is 0 Å². The molecule has 0 unspecified atom stereocenters. The van der Waals surface area contributed by atoms with Gasteiger partial charge in [-0.15, -0.1) is 0 Å². The summed E-state index contributed by atoms with van der Waals surface area (Å²) in [7, 11) is 0. The normalized spacial score (nSPS) is 13.1. The predicted octanol–water partition coefficient (Wildman–Crippen LogP) is 13.8. The Morgan fingerprint density at radius 2 is 1.06 bits per heavy atom. The van der Waals surface area contributed by atoms with Crippen LogP contribution in [0.4, 0.5) is 17.1 Å². The minimum absolute atomic E-state index is 0.149. The molecule has 0 saturated heterocycles. The summed E-state index contributed by atoms with van der Waals surface area (Å²) in [4.78, 5) is 2.30. The van der Waals surface area contributed by atoms with E-state index in [0.29, 0.717) is 0 Å². The van der Waals surface area contributed by atoms with Gasteiger partial charge < -0.3 is 9.32 Å². The fourth-order valence-corrected chi connectivity index (χ4v) is 8.33. The highest BCUT2D eigenvalue weighted by Gasteiger charge is 2.37. The number of anilines is 3. The van der Waals surface area contributed by atoms with Crippen LogP contribution >= 0.6 is 0 Å². The van der Waals surface area contributed by atoms with Crippen LogP contribution in [-0.4, -0.2) is 0 Å². The van der Waals surface area contributed by atoms with Crippen LogP contribution in [0.15, 0.2) is 180 Å². The number of nitrogens with zero attached hydrogens (tertiary/aromatic N) is 1. The molecule has 0 N–H and O–H groups in total. The highest BCUT2D eigenvalue weighted by atomic mass is 16.3. The van der Waals surface area contributed by atoms with Crippen molar-refractivity contribution < 1.29 is 4.42 Å². The summed E-state index contributed by atoms with van der Waals surface area (Å²) in [5, 5.41) is 4.86. The summed E-state index contributed by atoms with van der Waals surface area (Å²) in [6, 6.07) is 63.4. The van der Waals surface area contributed by atoms with Crippen LogP contribution < -0.4 is 4.90 Å². The zero-order chi connectivity index (χ0) is 34.1. The van der Waals surface area contributed by atoms with Crippen LogP contribution in [-0.2, 0) is 5.41 Å². The molecule has 0 amide bonds. The van der Waals surface area contributed by atoms with E-state index in [-0.39, 0.29) is 5.41 Å². The fourth-order valence-electron chi connectivity index (χ4n) is 8.33. The SMILES string of the molecule is CC1(C)c2cc(-c3ccc(N(c4ccccc4)c4cccc5c4oc4ccccc45)cc3)ccc2-c2c1cc(-c1ccccc1)c1ccccc21. The van der Waals surface area contributed by atoms with Gasteiger partial charge in [-0.1, -0.05) is 141 Å². The predicted molar refractivity (Wildman–Crippen MR) is 214 cm³/mol. The number of rotatable bonds is 5. The number of hydrogen-bond acceptors (Lipinski definition) is 2. The molecule has 1 aromatic heterocycles. The standard InChI is InChI=1S/C49H35NO/c1-49(2)43-30-34(26-29-41(43)47-39-20-10-9-18-37(39)42(31-44(47)49)33-14-5-3-6-15-33)32-24-27-36(28-25-32)50(35-16-7-4-8-17-35)45-22-13-21-40-38-19-11-12-23-46(38)51-48(40)45/h3-31H,1-2H3. The van der Waals surface area contributed by atoms with Gasteiger partial charge >= 0.3 is 0 Å². The molecular formula is C49H35NO. The summed E-state index contributed by atoms with van der Waals surface area (Å²) in [6.45, 7) is 4.76. The van der Waals surface area contributed by atoms with Gasteiger partial charge in [-0.25, -0.2) is 0 Å². The maximum absolute atomic E-state index is 6.51. The van der Waals surface area contributed by atoms with Gasteiger partial charge in [0, 0.05) is 27.6 Å². The minimum Gasteiger partial charge on any atom is -0.454 e. The van der Waals surface area contributed by atoms with Gasteiger partial charge in [0.1, 0.15) is 5.58 Å². The molecule has 242 valence electrons. The molecule has 0 radical (unpaired) electrons. The molecule has 1 aliphatic rings. The summed E-state index contributed by atoms with van der Waals surface area (Å²) in [6.07, 6.45) is 0. The maximum Gasteiger partial charge on any atom is 0.159 e. The van der Waals surface area contributed by atoms with E-state index in [2.05, 4.69) is 183 Å². The summed E-state index contributed by atoms with van der Waals surface area (Å²) >= 11 is 0. The molecule has 2 nitrogen and oxygen atoms in total. The van der Waals surface area contributed by atoms with Gasteiger partial charge in [-0.3, -0.25) is 0 Å². The van der Waals surface area contributed by atoms with E-state index in [9.17, 15) is 0 Å². The lowest BCUT2D eigenvalue weighted by atomic mass is 9.80. The third kappa shape index (κ3) is 4.57. The Hall–Kier alpha value is -6.38. The first kappa shape index (κ1) is 29.5. The van der Waals surface area contributed by atoms with E-state index in [4.69, 9.17) is 4.42 Å². The van der Waals surface area contributed by atoms with Gasteiger partial charge in [0.2, 0.25) is 0 Å². The monoisotopic (exact) mass is 653 g/mol. The molecular weight excluding hydrogens is 619 g/mol. The number of para-hydroxylation sites is 3. The van der Waals surface area contributed by atoms with Crippen molar-refractivity contribution in [2.45, 2.75) is 19.3 Å². The van der Waals surface area contributed by atoms with Crippen molar-refractivity contribution in [2.24, 2.45) is 0 Å². The zero-order valence-corrected chi connectivity index (χ0v) is 28.6. The van der Waals surface area contributed by atoms with Gasteiger partial charge in [-0.05, 0) is 104 Å². The van der Waals surface area contributed by atoms with Crippen molar-refractivity contribution in [1.29, 1.82) is 0 Å². The number of benzene rings is 8. The average molecular weight is 654 g/mol. The molecule has 9 aromatic rings. The third-order valence-electron chi connectivity index (χ3n) is 10.9. The molecule has 0 bridgehead atoms. The van der Waals surface area contributed by atoms with E-state index in [1.165, 1.54) is 55.3 Å². The highest BCUT2D eigenvalue weighted by molar-refractivity contribution is 6.11. The van der Waals surface area contributed by atoms with Crippen molar-refractivity contribution in [2.75, 3.05) is 4.90 Å². The van der Waals surface area contributed by atoms with Crippen molar-refractivity contribution >= 4 is 49.8 Å². The maximum atomic E-state index is 6.51. The third-order valence-corrected chi connectivity index (χ3v) is 10.9. The smallest absolute Gasteiger partial charge is 0.159 e. The first-order valence-corrected chi connectivity index (χ1v) is 17.7. The number of furan rings is 1. The number of hydrogen-bond donors (Lipinski definition) is 0. The van der Waals surface area contributed by atoms with Crippen LogP contribution in [0.2, 0.25) is 0 Å². The Morgan fingerprint density at radius 3 is 1.84 bits per heavy atom. The second-order valence-corrected chi connectivity index (χ2v) is 14.1. The second kappa shape index (κ2) is 11.3. The number of fused-ring (bicyclic) bond motifs is 8. The van der Waals surface area contributed by atoms with Crippen LogP contribution in [0.25, 0.3) is 66.1 Å². The second-order valence-electron chi connectivity index (χ2n) is 14.1. The molecule has 0 saturated carbocycles. The zero-order valence-electron chi connectivity index (χ0n) is 28.6. The van der Waals surface area contributed by atoms with Crippen molar-refractivity contribution in [3.63, 3.8) is 0 Å². The minimum atomic E-state index is -0.149. The molecule has 8 aromatic carbocycles. The van der Waals surface area contributed by atoms with Crippen molar-refractivity contribution in [3.05, 3.63) is 187 Å². The van der Waals surface area contributed by atoms with Gasteiger partial charge in [-0.2, -0.15) is 0 Å². The van der Waals surface area contributed by atoms with Gasteiger partial charge in [0.05, 0.1) is 5.69 Å². The van der Waals surface area contributed by atoms with E-state index in [1.54, 1.807) is 0 Å². The van der Waals surface area contributed by atoms with Crippen LogP contribution in [0.5, 0.6) is 0 Å². The molecule has 0 fully saturated rings. The molecule has 51 heavy (non-hydrogen) atoms. The largest absolute Gasteiger partial charge is 0.454 e. The Balaban J connectivity index is 1.07. The molecule has 2 heteroatoms. The Morgan fingerprint density at radius 1 is 0.431 bits per heavy atom. The quantitative estimate of drug-likeness (QED) is 0.184. The molecule has 0 atom stereocenters. The van der Waals surface area contributed by atoms with Crippen LogP contribution in [0.3, 0.4) is 0 Å². The summed E-state index contributed by atoms with van der Waals surface area (Å²) < 4.78 is 6.51. The van der Waals surface area contributed by atoms with E-state index in [1.807, 2.05) is 12.1 Å². The molecule has 1 aliphatic carbocycles. The van der Waals surface area contributed by atoms with Gasteiger partial charge in [0.15, 0.2) is 5.58 Å². The molecule has 0 spiro atoms. The van der Waals surface area contributed by atoms with E-state index < -0.39 is 0 Å². The van der Waals surface area contributed by atoms with Crippen molar-refractivity contribution in [3.8, 4) is 33.4 Å². The first-order chi connectivity index (χ1) is 25.1. The van der Waals surface area contributed by atoms with E-state index in [0.717, 1.165) is 39.0 Å². The fraction of sp³-hybridized carbons (Fsp3) is 0.0612. The average Bonchev–Trinajstić information content (AvgIpc) is 3.68. The molecule has 0 aliphatic heterocycles. The first-order valence-electron chi connectivity index (χ1n) is 17.7. The summed E-state index contributed by atoms with van der Waals surface area (Å²) in [5.41, 5.74) is 15.2. The van der Waals surface area contributed by atoms with Crippen LogP contribution in [0, 0.1) is 0 Å². The topological polar surface area (TPSA) is 16.4 Å². The highest BCUT2D eigenvalue weighted by Crippen LogP contribution is 2.54. The lowest BCUT2D eigenvalue weighted by Crippen LogP contribution is -2.15. The van der Waals surface area contributed by atoms with Crippen LogP contribution in [0.1, 0.15) is 25.0 Å². The lowest BCUT2D eigenvalue weighted by molar-refractivity contribution is 0.661. The Bertz CT molecular complexity index is 2760. The Labute approximate surface area is 297 Å². The van der Waals surface area contributed by atoms with Crippen molar-refractivity contribution in [1.82, 2.24) is 0 Å². The summed E-state index contributed by atoms with van der Waals surface area (Å²) in [5.74, 6) is 0. The molecule has 10 rings (SSSR count). The molecule has 1 heterocycles. The van der Waals surface area contributed by atoms with Gasteiger partial charge in [0.25, 0.3) is 0 Å².